The zero-order valence-corrected chi connectivity index (χ0v) is 18.1. The maximum Gasteiger partial charge on any atom is 0.407 e. The maximum absolute atomic E-state index is 11.7. The van der Waals surface area contributed by atoms with Gasteiger partial charge in [0, 0.05) is 32.6 Å². The highest BCUT2D eigenvalue weighted by atomic mass is 16.6. The average Bonchev–Trinajstić information content (AvgIpc) is 2.47. The van der Waals surface area contributed by atoms with Gasteiger partial charge < -0.3 is 25.2 Å². The Morgan fingerprint density at radius 1 is 0.786 bits per heavy atom. The van der Waals surface area contributed by atoms with Gasteiger partial charge in [-0.3, -0.25) is 9.69 Å². The van der Waals surface area contributed by atoms with Gasteiger partial charge in [0.15, 0.2) is 0 Å². The van der Waals surface area contributed by atoms with Crippen LogP contribution in [-0.2, 0) is 14.3 Å². The lowest BCUT2D eigenvalue weighted by Gasteiger charge is -2.24. The molecule has 164 valence electrons. The number of hydrogen-bond acceptors (Lipinski definition) is 6. The first-order valence-corrected chi connectivity index (χ1v) is 9.66. The fourth-order valence-corrected chi connectivity index (χ4v) is 2.21. The number of carboxylic acid groups (broad SMARTS) is 1. The van der Waals surface area contributed by atoms with Crippen LogP contribution in [0.25, 0.3) is 0 Å². The van der Waals surface area contributed by atoms with E-state index in [-0.39, 0.29) is 6.42 Å². The van der Waals surface area contributed by atoms with Crippen LogP contribution >= 0.6 is 0 Å². The topological polar surface area (TPSA) is 117 Å². The molecule has 0 aliphatic rings. The fourth-order valence-electron chi connectivity index (χ4n) is 2.21. The second-order valence-electron chi connectivity index (χ2n) is 8.55. The first-order valence-electron chi connectivity index (χ1n) is 9.66. The third-order valence-corrected chi connectivity index (χ3v) is 3.31. The Kier molecular flexibility index (Phi) is 11.5. The number of carbonyl (C=O) groups is 3. The lowest BCUT2D eigenvalue weighted by Crippen LogP contribution is -2.42. The summed E-state index contributed by atoms with van der Waals surface area (Å²) in [6.07, 6.45) is 0.450. The van der Waals surface area contributed by atoms with Crippen molar-refractivity contribution in [3.05, 3.63) is 0 Å². The molecule has 0 atom stereocenters. The third-order valence-electron chi connectivity index (χ3n) is 3.31. The molecule has 0 aliphatic heterocycles. The van der Waals surface area contributed by atoms with Crippen molar-refractivity contribution in [1.82, 2.24) is 15.5 Å². The van der Waals surface area contributed by atoms with Crippen molar-refractivity contribution in [2.75, 3.05) is 32.7 Å². The van der Waals surface area contributed by atoms with E-state index in [0.29, 0.717) is 45.6 Å². The second-order valence-corrected chi connectivity index (χ2v) is 8.55. The molecule has 0 saturated heterocycles. The SMILES string of the molecule is CC(C)(C)OC(=O)NCCN(CCCCC(=O)O)CCNC(=O)OC(C)(C)C. The summed E-state index contributed by atoms with van der Waals surface area (Å²) in [7, 11) is 0. The van der Waals surface area contributed by atoms with E-state index in [1.54, 1.807) is 41.5 Å². The van der Waals surface area contributed by atoms with Crippen molar-refractivity contribution in [1.29, 1.82) is 0 Å². The molecule has 2 amide bonds. The summed E-state index contributed by atoms with van der Waals surface area (Å²) in [5.41, 5.74) is -1.12. The molecule has 0 radical (unpaired) electrons. The van der Waals surface area contributed by atoms with Crippen molar-refractivity contribution in [3.8, 4) is 0 Å². The fraction of sp³-hybridized carbons (Fsp3) is 0.842. The number of rotatable bonds is 11. The van der Waals surface area contributed by atoms with Crippen LogP contribution in [-0.4, -0.2) is 72.1 Å². The molecule has 9 nitrogen and oxygen atoms in total. The molecule has 0 aliphatic carbocycles. The smallest absolute Gasteiger partial charge is 0.407 e. The molecule has 0 saturated carbocycles. The summed E-state index contributed by atoms with van der Waals surface area (Å²) >= 11 is 0. The predicted octanol–water partition coefficient (Wildman–Crippen LogP) is 2.59. The molecule has 3 N–H and O–H groups in total. The van der Waals surface area contributed by atoms with Gasteiger partial charge in [-0.05, 0) is 60.9 Å². The van der Waals surface area contributed by atoms with E-state index < -0.39 is 29.4 Å². The highest BCUT2D eigenvalue weighted by Gasteiger charge is 2.17. The molecule has 0 rings (SSSR count). The van der Waals surface area contributed by atoms with Gasteiger partial charge in [0.1, 0.15) is 11.2 Å². The monoisotopic (exact) mass is 403 g/mol. The Morgan fingerprint density at radius 2 is 1.21 bits per heavy atom. The molecule has 28 heavy (non-hydrogen) atoms. The van der Waals surface area contributed by atoms with E-state index in [0.717, 1.165) is 0 Å². The van der Waals surface area contributed by atoms with Gasteiger partial charge in [0.05, 0.1) is 0 Å². The molecule has 0 heterocycles. The summed E-state index contributed by atoms with van der Waals surface area (Å²) in [6.45, 7) is 13.3. The van der Waals surface area contributed by atoms with Crippen molar-refractivity contribution in [2.45, 2.75) is 72.0 Å². The van der Waals surface area contributed by atoms with Crippen LogP contribution < -0.4 is 10.6 Å². The molecule has 0 aromatic rings. The van der Waals surface area contributed by atoms with Crippen LogP contribution in [0.2, 0.25) is 0 Å². The van der Waals surface area contributed by atoms with Crippen LogP contribution in [0.1, 0.15) is 60.8 Å². The van der Waals surface area contributed by atoms with Crippen molar-refractivity contribution in [2.24, 2.45) is 0 Å². The number of alkyl carbamates (subject to hydrolysis) is 2. The normalized spacial score (nSPS) is 11.8. The zero-order chi connectivity index (χ0) is 21.8. The predicted molar refractivity (Wildman–Crippen MR) is 106 cm³/mol. The van der Waals surface area contributed by atoms with Crippen molar-refractivity contribution >= 4 is 18.2 Å². The summed E-state index contributed by atoms with van der Waals surface area (Å²) in [5.74, 6) is -0.815. The highest BCUT2D eigenvalue weighted by molar-refractivity contribution is 5.68. The van der Waals surface area contributed by atoms with Crippen molar-refractivity contribution in [3.63, 3.8) is 0 Å². The Balaban J connectivity index is 4.35. The van der Waals surface area contributed by atoms with Gasteiger partial charge in [0.25, 0.3) is 0 Å². The van der Waals surface area contributed by atoms with E-state index in [2.05, 4.69) is 15.5 Å². The van der Waals surface area contributed by atoms with E-state index in [1.807, 2.05) is 0 Å². The number of ether oxygens (including phenoxy) is 2. The number of aliphatic carboxylic acids is 1. The first-order chi connectivity index (χ1) is 12.8. The molecule has 0 bridgehead atoms. The van der Waals surface area contributed by atoms with E-state index in [4.69, 9.17) is 14.6 Å². The van der Waals surface area contributed by atoms with Crippen LogP contribution in [0.3, 0.4) is 0 Å². The van der Waals surface area contributed by atoms with Crippen LogP contribution in [0, 0.1) is 0 Å². The number of hydrogen-bond donors (Lipinski definition) is 3. The molecular formula is C19H37N3O6. The molecule has 0 unspecified atom stereocenters. The highest BCUT2D eigenvalue weighted by Crippen LogP contribution is 2.07. The second kappa shape index (κ2) is 12.4. The quantitative estimate of drug-likeness (QED) is 0.454. The number of nitrogens with one attached hydrogen (secondary N) is 2. The summed E-state index contributed by atoms with van der Waals surface area (Å²) in [6, 6.07) is 0. The van der Waals surface area contributed by atoms with E-state index in [1.165, 1.54) is 0 Å². The van der Waals surface area contributed by atoms with Crippen LogP contribution in [0.4, 0.5) is 9.59 Å². The molecule has 0 aromatic heterocycles. The number of amides is 2. The number of carboxylic acids is 1. The Hall–Kier alpha value is -2.03. The minimum Gasteiger partial charge on any atom is -0.481 e. The standard InChI is InChI=1S/C19H37N3O6/c1-18(2,3)27-16(25)20-10-13-22(12-8-7-9-15(23)24)14-11-21-17(26)28-19(4,5)6/h7-14H2,1-6H3,(H,20,25)(H,21,26)(H,23,24). The summed E-state index contributed by atoms with van der Waals surface area (Å²) in [4.78, 5) is 36.1. The summed E-state index contributed by atoms with van der Waals surface area (Å²) < 4.78 is 10.4. The summed E-state index contributed by atoms with van der Waals surface area (Å²) in [5, 5.41) is 14.1. The van der Waals surface area contributed by atoms with Gasteiger partial charge >= 0.3 is 18.2 Å². The van der Waals surface area contributed by atoms with Crippen LogP contribution in [0.15, 0.2) is 0 Å². The largest absolute Gasteiger partial charge is 0.481 e. The van der Waals surface area contributed by atoms with Crippen LogP contribution in [0.5, 0.6) is 0 Å². The Morgan fingerprint density at radius 3 is 1.57 bits per heavy atom. The van der Waals surface area contributed by atoms with Gasteiger partial charge in [-0.1, -0.05) is 0 Å². The minimum atomic E-state index is -0.815. The average molecular weight is 404 g/mol. The van der Waals surface area contributed by atoms with Gasteiger partial charge in [-0.25, -0.2) is 9.59 Å². The Bertz CT molecular complexity index is 463. The molecule has 0 aromatic carbocycles. The lowest BCUT2D eigenvalue weighted by atomic mass is 10.2. The lowest BCUT2D eigenvalue weighted by molar-refractivity contribution is -0.137. The van der Waals surface area contributed by atoms with E-state index >= 15 is 0 Å². The molecule has 9 heteroatoms. The van der Waals surface area contributed by atoms with Gasteiger partial charge in [-0.2, -0.15) is 0 Å². The third kappa shape index (κ3) is 17.4. The van der Waals surface area contributed by atoms with Crippen molar-refractivity contribution < 1.29 is 29.0 Å². The molecule has 0 spiro atoms. The van der Waals surface area contributed by atoms with Gasteiger partial charge in [-0.15, -0.1) is 0 Å². The maximum atomic E-state index is 11.7. The number of nitrogens with zero attached hydrogens (tertiary/aromatic N) is 1. The molecular weight excluding hydrogens is 366 g/mol. The Labute approximate surface area is 168 Å². The molecule has 0 fully saturated rings. The number of unbranched alkanes of at least 4 members (excludes halogenated alkanes) is 1. The van der Waals surface area contributed by atoms with Gasteiger partial charge in [0.2, 0.25) is 0 Å². The van der Waals surface area contributed by atoms with E-state index in [9.17, 15) is 14.4 Å². The number of carbonyl (C=O) groups excluding carboxylic acids is 2. The first kappa shape index (κ1) is 26.0. The minimum absolute atomic E-state index is 0.125. The zero-order valence-electron chi connectivity index (χ0n) is 18.1.